The number of anilines is 1. The average molecular weight is 456 g/mol. The normalized spacial score (nSPS) is 15.2. The van der Waals surface area contributed by atoms with Crippen LogP contribution in [-0.4, -0.2) is 74.4 Å². The van der Waals surface area contributed by atoms with E-state index in [1.807, 2.05) is 24.1 Å². The Morgan fingerprint density at radius 2 is 2.00 bits per heavy atom. The van der Waals surface area contributed by atoms with Crippen LogP contribution < -0.4 is 15.5 Å². The van der Waals surface area contributed by atoms with Gasteiger partial charge in [0, 0.05) is 38.7 Å². The van der Waals surface area contributed by atoms with E-state index >= 15 is 0 Å². The molecule has 3 rings (SSSR count). The number of benzene rings is 1. The average Bonchev–Trinajstić information content (AvgIpc) is 3.28. The van der Waals surface area contributed by atoms with Crippen molar-refractivity contribution in [3.63, 3.8) is 0 Å². The van der Waals surface area contributed by atoms with Gasteiger partial charge in [0.05, 0.1) is 25.5 Å². The van der Waals surface area contributed by atoms with Crippen LogP contribution in [0.15, 0.2) is 36.7 Å². The Labute approximate surface area is 192 Å². The second kappa shape index (κ2) is 11.9. The second-order valence-corrected chi connectivity index (χ2v) is 7.43. The molecule has 0 spiro atoms. The summed E-state index contributed by atoms with van der Waals surface area (Å²) in [5.74, 6) is 0.144. The van der Waals surface area contributed by atoms with Gasteiger partial charge in [0.2, 0.25) is 11.8 Å². The molecule has 4 N–H and O–H groups in total. The number of carbonyl (C=O) groups is 1. The number of alkyl carbamates (subject to hydrolysis) is 1. The van der Waals surface area contributed by atoms with E-state index in [0.717, 1.165) is 12.1 Å². The molecule has 1 aromatic carbocycles. The molecule has 0 radical (unpaired) electrons. The minimum atomic E-state index is -0.480. The first-order valence-electron chi connectivity index (χ1n) is 10.6. The second-order valence-electron chi connectivity index (χ2n) is 7.43. The molecule has 0 saturated carbocycles. The molecule has 1 aliphatic heterocycles. The molecule has 11 nitrogen and oxygen atoms in total. The molecule has 1 aliphatic rings. The number of nitrogens with zero attached hydrogens (tertiary/aromatic N) is 3. The van der Waals surface area contributed by atoms with Crippen molar-refractivity contribution in [2.45, 2.75) is 19.1 Å². The van der Waals surface area contributed by atoms with Gasteiger partial charge in [-0.25, -0.2) is 9.78 Å². The predicted octanol–water partition coefficient (Wildman–Crippen LogP) is 1.51. The van der Waals surface area contributed by atoms with E-state index in [1.165, 1.54) is 6.20 Å². The fourth-order valence-electron chi connectivity index (χ4n) is 3.29. The molecule has 0 bridgehead atoms. The van der Waals surface area contributed by atoms with Crippen LogP contribution in [0, 0.1) is 10.8 Å². The lowest BCUT2D eigenvalue weighted by molar-refractivity contribution is 0.104. The molecule has 176 valence electrons. The van der Waals surface area contributed by atoms with E-state index in [0.29, 0.717) is 44.0 Å². The van der Waals surface area contributed by atoms with Gasteiger partial charge >= 0.3 is 6.09 Å². The highest BCUT2D eigenvalue weighted by molar-refractivity contribution is 6.03. The molecule has 1 aromatic heterocycles. The Hall–Kier alpha value is -3.57. The minimum absolute atomic E-state index is 0.141. The zero-order valence-corrected chi connectivity index (χ0v) is 18.8. The van der Waals surface area contributed by atoms with E-state index in [2.05, 4.69) is 20.6 Å². The number of methoxy groups -OCH3 is 1. The fraction of sp³-hybridized carbons (Fsp3) is 0.409. The number of nitrogens with one attached hydrogen (secondary N) is 4. The Bertz CT molecular complexity index is 967. The third-order valence-electron chi connectivity index (χ3n) is 4.97. The van der Waals surface area contributed by atoms with Gasteiger partial charge in [0.15, 0.2) is 0 Å². The quantitative estimate of drug-likeness (QED) is 0.253. The maximum Gasteiger partial charge on any atom is 0.407 e. The van der Waals surface area contributed by atoms with Crippen molar-refractivity contribution in [2.75, 3.05) is 45.3 Å². The van der Waals surface area contributed by atoms with Crippen molar-refractivity contribution in [3.8, 4) is 0 Å². The van der Waals surface area contributed by atoms with Crippen LogP contribution >= 0.6 is 0 Å². The number of amides is 1. The van der Waals surface area contributed by atoms with Crippen molar-refractivity contribution in [1.82, 2.24) is 20.6 Å². The van der Waals surface area contributed by atoms with Crippen molar-refractivity contribution in [3.05, 3.63) is 53.5 Å². The smallest absolute Gasteiger partial charge is 0.407 e. The van der Waals surface area contributed by atoms with Crippen LogP contribution in [0.5, 0.6) is 0 Å². The Balaban J connectivity index is 1.55. The minimum Gasteiger partial charge on any atom is -0.444 e. The lowest BCUT2D eigenvalue weighted by Gasteiger charge is -2.18. The predicted molar refractivity (Wildman–Crippen MR) is 123 cm³/mol. The van der Waals surface area contributed by atoms with E-state index in [-0.39, 0.29) is 23.6 Å². The van der Waals surface area contributed by atoms with Gasteiger partial charge in [0.1, 0.15) is 17.6 Å². The summed E-state index contributed by atoms with van der Waals surface area (Å²) in [6, 6.07) is 7.36. The molecular weight excluding hydrogens is 426 g/mol. The van der Waals surface area contributed by atoms with E-state index in [4.69, 9.17) is 25.0 Å². The summed E-state index contributed by atoms with van der Waals surface area (Å²) >= 11 is 0. The SMILES string of the molecule is CNCc1ccc(C(=N)OC(=N)c2cncc(N3CC[C@@H](OC(=O)NCCOC)C3)n2)cc1. The summed E-state index contributed by atoms with van der Waals surface area (Å²) in [6.45, 7) is 2.64. The molecule has 1 amide bonds. The summed E-state index contributed by atoms with van der Waals surface area (Å²) in [6.07, 6.45) is 2.91. The van der Waals surface area contributed by atoms with Gasteiger partial charge in [-0.3, -0.25) is 15.8 Å². The molecule has 1 fully saturated rings. The molecule has 1 atom stereocenters. The van der Waals surface area contributed by atoms with Gasteiger partial charge in [-0.2, -0.15) is 0 Å². The van der Waals surface area contributed by atoms with E-state index < -0.39 is 6.09 Å². The van der Waals surface area contributed by atoms with Gasteiger partial charge < -0.3 is 29.7 Å². The number of carbonyl (C=O) groups excluding carboxylic acids is 1. The number of ether oxygens (including phenoxy) is 3. The van der Waals surface area contributed by atoms with Gasteiger partial charge in [-0.05, 0) is 24.7 Å². The molecule has 0 aliphatic carbocycles. The molecular formula is C22H29N7O4. The molecule has 2 aromatic rings. The Morgan fingerprint density at radius 1 is 1.21 bits per heavy atom. The fourth-order valence-corrected chi connectivity index (χ4v) is 3.29. The third kappa shape index (κ3) is 6.96. The summed E-state index contributed by atoms with van der Waals surface area (Å²) < 4.78 is 15.7. The van der Waals surface area contributed by atoms with Crippen LogP contribution in [0.4, 0.5) is 10.6 Å². The van der Waals surface area contributed by atoms with Gasteiger partial charge in [-0.1, -0.05) is 12.1 Å². The Morgan fingerprint density at radius 3 is 2.73 bits per heavy atom. The maximum atomic E-state index is 11.8. The molecule has 0 unspecified atom stereocenters. The summed E-state index contributed by atoms with van der Waals surface area (Å²) in [5.41, 5.74) is 1.86. The first-order valence-corrected chi connectivity index (χ1v) is 10.6. The highest BCUT2D eigenvalue weighted by Crippen LogP contribution is 2.20. The monoisotopic (exact) mass is 455 g/mol. The van der Waals surface area contributed by atoms with Crippen LogP contribution in [-0.2, 0) is 20.8 Å². The van der Waals surface area contributed by atoms with Crippen molar-refractivity contribution >= 4 is 23.7 Å². The standard InChI is InChI=1S/C22H29N7O4/c1-25-11-15-3-5-16(6-4-15)20(23)33-21(24)18-12-26-13-19(28-18)29-9-7-17(14-29)32-22(30)27-8-10-31-2/h3-6,12-13,17,23-25H,7-11,14H2,1-2H3,(H,27,30)/t17-/m1/s1. The third-order valence-corrected chi connectivity index (χ3v) is 4.97. The van der Waals surface area contributed by atoms with Crippen LogP contribution in [0.2, 0.25) is 0 Å². The van der Waals surface area contributed by atoms with Crippen molar-refractivity contribution < 1.29 is 19.0 Å². The number of rotatable bonds is 9. The van der Waals surface area contributed by atoms with E-state index in [9.17, 15) is 4.79 Å². The zero-order valence-electron chi connectivity index (χ0n) is 18.8. The summed E-state index contributed by atoms with van der Waals surface area (Å²) in [7, 11) is 3.43. The topological polar surface area (TPSA) is 146 Å². The Kier molecular flexibility index (Phi) is 8.67. The molecule has 33 heavy (non-hydrogen) atoms. The van der Waals surface area contributed by atoms with Crippen molar-refractivity contribution in [2.24, 2.45) is 0 Å². The largest absolute Gasteiger partial charge is 0.444 e. The summed E-state index contributed by atoms with van der Waals surface area (Å²) in [5, 5.41) is 22.1. The molecule has 2 heterocycles. The number of hydrogen-bond donors (Lipinski definition) is 4. The highest BCUT2D eigenvalue weighted by atomic mass is 16.6. The van der Waals surface area contributed by atoms with Crippen LogP contribution in [0.1, 0.15) is 23.2 Å². The lowest BCUT2D eigenvalue weighted by atomic mass is 10.1. The van der Waals surface area contributed by atoms with Crippen LogP contribution in [0.25, 0.3) is 0 Å². The highest BCUT2D eigenvalue weighted by Gasteiger charge is 2.27. The van der Waals surface area contributed by atoms with Gasteiger partial charge in [-0.15, -0.1) is 0 Å². The van der Waals surface area contributed by atoms with Gasteiger partial charge in [0.25, 0.3) is 0 Å². The number of hydrogen-bond acceptors (Lipinski definition) is 10. The maximum absolute atomic E-state index is 11.8. The first-order chi connectivity index (χ1) is 16.0. The lowest BCUT2D eigenvalue weighted by Crippen LogP contribution is -2.33. The summed E-state index contributed by atoms with van der Waals surface area (Å²) in [4.78, 5) is 22.4. The number of aromatic nitrogens is 2. The van der Waals surface area contributed by atoms with Crippen molar-refractivity contribution in [1.29, 1.82) is 10.8 Å². The molecule has 11 heteroatoms. The van der Waals surface area contributed by atoms with E-state index in [1.54, 1.807) is 25.4 Å². The zero-order chi connectivity index (χ0) is 23.6. The van der Waals surface area contributed by atoms with Crippen LogP contribution in [0.3, 0.4) is 0 Å². The first kappa shape index (κ1) is 24.1. The molecule has 1 saturated heterocycles.